The molecule has 1 fully saturated rings. The summed E-state index contributed by atoms with van der Waals surface area (Å²) in [6.07, 6.45) is 8.76. The highest BCUT2D eigenvalue weighted by atomic mass is 16.2. The lowest BCUT2D eigenvalue weighted by molar-refractivity contribution is -0.130. The first-order valence-electron chi connectivity index (χ1n) is 10.8. The first-order valence-corrected chi connectivity index (χ1v) is 10.8. The van der Waals surface area contributed by atoms with Crippen molar-refractivity contribution in [2.75, 3.05) is 13.1 Å². The van der Waals surface area contributed by atoms with Crippen LogP contribution in [0.2, 0.25) is 0 Å². The minimum absolute atomic E-state index is 0.0370. The van der Waals surface area contributed by atoms with Crippen molar-refractivity contribution in [3.63, 3.8) is 0 Å². The van der Waals surface area contributed by atoms with Gasteiger partial charge in [-0.1, -0.05) is 43.5 Å². The van der Waals surface area contributed by atoms with E-state index in [4.69, 9.17) is 4.98 Å². The number of nitrogens with one attached hydrogen (secondary N) is 1. The molecule has 1 aliphatic rings. The molecule has 1 unspecified atom stereocenters. The van der Waals surface area contributed by atoms with E-state index in [1.165, 1.54) is 6.42 Å². The Hall–Kier alpha value is -2.89. The van der Waals surface area contributed by atoms with Gasteiger partial charge in [0.15, 0.2) is 0 Å². The fourth-order valence-corrected chi connectivity index (χ4v) is 4.18. The average Bonchev–Trinajstić information content (AvgIpc) is 3.12. The SMILES string of the molecule is C=CCN(CC=C)C(=O)Cn1c(C(C)NC(=O)C2CCCCC2)nc2ccccc21. The molecule has 30 heavy (non-hydrogen) atoms. The number of hydrogen-bond donors (Lipinski definition) is 1. The van der Waals surface area contributed by atoms with Gasteiger partial charge in [-0.3, -0.25) is 9.59 Å². The zero-order valence-electron chi connectivity index (χ0n) is 17.8. The van der Waals surface area contributed by atoms with Gasteiger partial charge in [0.1, 0.15) is 12.4 Å². The summed E-state index contributed by atoms with van der Waals surface area (Å²) in [5, 5.41) is 3.14. The molecule has 1 saturated carbocycles. The van der Waals surface area contributed by atoms with Gasteiger partial charge >= 0.3 is 0 Å². The predicted molar refractivity (Wildman–Crippen MR) is 120 cm³/mol. The van der Waals surface area contributed by atoms with Crippen molar-refractivity contribution in [2.45, 2.75) is 51.6 Å². The van der Waals surface area contributed by atoms with E-state index < -0.39 is 0 Å². The van der Waals surface area contributed by atoms with E-state index in [0.717, 1.165) is 36.7 Å². The summed E-state index contributed by atoms with van der Waals surface area (Å²) in [5.74, 6) is 0.833. The summed E-state index contributed by atoms with van der Waals surface area (Å²) >= 11 is 0. The van der Waals surface area contributed by atoms with Crippen molar-refractivity contribution in [3.05, 3.63) is 55.4 Å². The number of aromatic nitrogens is 2. The van der Waals surface area contributed by atoms with E-state index in [-0.39, 0.29) is 30.3 Å². The van der Waals surface area contributed by atoms with Crippen molar-refractivity contribution in [2.24, 2.45) is 5.92 Å². The molecule has 0 spiro atoms. The summed E-state index contributed by atoms with van der Waals surface area (Å²) in [7, 11) is 0. The molecule has 6 nitrogen and oxygen atoms in total. The number of carbonyl (C=O) groups excluding carboxylic acids is 2. The molecule has 0 saturated heterocycles. The fraction of sp³-hybridized carbons (Fsp3) is 0.458. The van der Waals surface area contributed by atoms with Gasteiger partial charge in [0, 0.05) is 19.0 Å². The molecular formula is C24H32N4O2. The van der Waals surface area contributed by atoms with Crippen LogP contribution in [0.1, 0.15) is 50.9 Å². The first kappa shape index (κ1) is 21.8. The van der Waals surface area contributed by atoms with Crippen LogP contribution in [-0.2, 0) is 16.1 Å². The minimum Gasteiger partial charge on any atom is -0.346 e. The monoisotopic (exact) mass is 408 g/mol. The summed E-state index contributed by atoms with van der Waals surface area (Å²) in [4.78, 5) is 32.2. The normalized spacial score (nSPS) is 15.5. The van der Waals surface area contributed by atoms with E-state index in [2.05, 4.69) is 18.5 Å². The highest BCUT2D eigenvalue weighted by Crippen LogP contribution is 2.26. The van der Waals surface area contributed by atoms with Crippen LogP contribution in [-0.4, -0.2) is 39.4 Å². The highest BCUT2D eigenvalue weighted by Gasteiger charge is 2.25. The largest absolute Gasteiger partial charge is 0.346 e. The van der Waals surface area contributed by atoms with E-state index >= 15 is 0 Å². The van der Waals surface area contributed by atoms with Crippen LogP contribution in [0.4, 0.5) is 0 Å². The predicted octanol–water partition coefficient (Wildman–Crippen LogP) is 3.99. The maximum atomic E-state index is 13.0. The average molecular weight is 409 g/mol. The highest BCUT2D eigenvalue weighted by molar-refractivity contribution is 5.82. The fourth-order valence-electron chi connectivity index (χ4n) is 4.18. The summed E-state index contributed by atoms with van der Waals surface area (Å²) in [6.45, 7) is 10.5. The summed E-state index contributed by atoms with van der Waals surface area (Å²) in [5.41, 5.74) is 1.70. The van der Waals surface area contributed by atoms with E-state index in [1.54, 1.807) is 17.1 Å². The molecule has 1 heterocycles. The maximum Gasteiger partial charge on any atom is 0.243 e. The number of hydrogen-bond acceptors (Lipinski definition) is 3. The van der Waals surface area contributed by atoms with Crippen molar-refractivity contribution in [1.82, 2.24) is 19.8 Å². The van der Waals surface area contributed by atoms with Crippen molar-refractivity contribution >= 4 is 22.8 Å². The molecule has 1 aliphatic carbocycles. The number of imidazole rings is 1. The molecule has 2 aromatic rings. The van der Waals surface area contributed by atoms with Crippen molar-refractivity contribution < 1.29 is 9.59 Å². The Morgan fingerprint density at radius 1 is 1.20 bits per heavy atom. The Labute approximate surface area is 178 Å². The Balaban J connectivity index is 1.85. The number of para-hydroxylation sites is 2. The molecule has 0 aliphatic heterocycles. The lowest BCUT2D eigenvalue weighted by Gasteiger charge is -2.24. The van der Waals surface area contributed by atoms with Crippen molar-refractivity contribution in [3.8, 4) is 0 Å². The van der Waals surface area contributed by atoms with Crippen molar-refractivity contribution in [1.29, 1.82) is 0 Å². The summed E-state index contributed by atoms with van der Waals surface area (Å²) < 4.78 is 1.92. The van der Waals surface area contributed by atoms with Gasteiger partial charge in [-0.05, 0) is 31.9 Å². The number of benzene rings is 1. The molecular weight excluding hydrogens is 376 g/mol. The van der Waals surface area contributed by atoms with Crippen LogP contribution in [0.5, 0.6) is 0 Å². The van der Waals surface area contributed by atoms with E-state index in [0.29, 0.717) is 18.9 Å². The van der Waals surface area contributed by atoms with Gasteiger partial charge < -0.3 is 14.8 Å². The van der Waals surface area contributed by atoms with Crippen LogP contribution >= 0.6 is 0 Å². The third-order valence-electron chi connectivity index (χ3n) is 5.75. The van der Waals surface area contributed by atoms with Gasteiger partial charge in [0.25, 0.3) is 0 Å². The molecule has 6 heteroatoms. The maximum absolute atomic E-state index is 13.0. The minimum atomic E-state index is -0.285. The van der Waals surface area contributed by atoms with Crippen LogP contribution in [0.3, 0.4) is 0 Å². The number of fused-ring (bicyclic) bond motifs is 1. The number of carbonyl (C=O) groups is 2. The molecule has 0 bridgehead atoms. The Morgan fingerprint density at radius 2 is 1.87 bits per heavy atom. The molecule has 0 radical (unpaired) electrons. The molecule has 160 valence electrons. The molecule has 1 aromatic heterocycles. The Bertz CT molecular complexity index is 901. The zero-order valence-corrected chi connectivity index (χ0v) is 17.8. The quantitative estimate of drug-likeness (QED) is 0.638. The van der Waals surface area contributed by atoms with Gasteiger partial charge in [0.05, 0.1) is 17.1 Å². The Morgan fingerprint density at radius 3 is 2.53 bits per heavy atom. The number of rotatable bonds is 9. The van der Waals surface area contributed by atoms with E-state index in [9.17, 15) is 9.59 Å². The van der Waals surface area contributed by atoms with E-state index in [1.807, 2.05) is 35.8 Å². The van der Waals surface area contributed by atoms with Gasteiger partial charge in [-0.15, -0.1) is 13.2 Å². The van der Waals surface area contributed by atoms with Gasteiger partial charge in [0.2, 0.25) is 11.8 Å². The standard InChI is InChI=1S/C24H32N4O2/c1-4-15-27(16-5-2)22(29)17-28-21-14-10-9-13-20(21)26-23(28)18(3)25-24(30)19-11-7-6-8-12-19/h4-5,9-10,13-14,18-19H,1-2,6-8,11-12,15-17H2,3H3,(H,25,30). The molecule has 1 atom stereocenters. The molecule has 2 amide bonds. The Kier molecular flexibility index (Phi) is 7.44. The van der Waals surface area contributed by atoms with Crippen LogP contribution in [0.15, 0.2) is 49.6 Å². The van der Waals surface area contributed by atoms with Crippen LogP contribution in [0.25, 0.3) is 11.0 Å². The summed E-state index contributed by atoms with van der Waals surface area (Å²) in [6, 6.07) is 7.47. The molecule has 1 N–H and O–H groups in total. The van der Waals surface area contributed by atoms with Crippen LogP contribution < -0.4 is 5.32 Å². The van der Waals surface area contributed by atoms with Gasteiger partial charge in [-0.2, -0.15) is 0 Å². The zero-order chi connectivity index (χ0) is 21.5. The van der Waals surface area contributed by atoms with Crippen LogP contribution in [0, 0.1) is 5.92 Å². The number of amides is 2. The smallest absolute Gasteiger partial charge is 0.243 e. The topological polar surface area (TPSA) is 67.2 Å². The van der Waals surface area contributed by atoms with Gasteiger partial charge in [-0.25, -0.2) is 4.98 Å². The third-order valence-corrected chi connectivity index (χ3v) is 5.75. The first-order chi connectivity index (χ1) is 14.5. The molecule has 1 aromatic carbocycles. The second-order valence-electron chi connectivity index (χ2n) is 7.99. The second kappa shape index (κ2) is 10.2. The third kappa shape index (κ3) is 4.99. The second-order valence-corrected chi connectivity index (χ2v) is 7.99. The lowest BCUT2D eigenvalue weighted by atomic mass is 9.88. The number of nitrogens with zero attached hydrogens (tertiary/aromatic N) is 3. The lowest BCUT2D eigenvalue weighted by Crippen LogP contribution is -2.37. The molecule has 3 rings (SSSR count).